The first-order chi connectivity index (χ1) is 16.8. The molecule has 0 bridgehead atoms. The largest absolute Gasteiger partial charge is 0.458 e. The molecule has 4 saturated carbocycles. The van der Waals surface area contributed by atoms with Gasteiger partial charge in [-0.25, -0.2) is 4.39 Å². The summed E-state index contributed by atoms with van der Waals surface area (Å²) in [5.41, 5.74) is -5.21. The SMILES string of the molecule is CC(=O)OCC(=O)[C@@]1(OC(=O)C2CC2)[C@@H](C)CC2C3CCC4=CC(=O)C=C[C@]4(C)[C@@]3(F)[C@@H](O)C[C@@]21C. The number of hydrogen-bond donors (Lipinski definition) is 1. The van der Waals surface area contributed by atoms with Gasteiger partial charge < -0.3 is 14.6 Å². The Balaban J connectivity index is 1.59. The number of ketones is 2. The molecular formula is C28H35FO7. The Morgan fingerprint density at radius 1 is 1.17 bits per heavy atom. The first-order valence-corrected chi connectivity index (χ1v) is 13.0. The fourth-order valence-corrected chi connectivity index (χ4v) is 8.23. The lowest BCUT2D eigenvalue weighted by Crippen LogP contribution is -2.70. The van der Waals surface area contributed by atoms with E-state index in [4.69, 9.17) is 9.47 Å². The number of allylic oxidation sites excluding steroid dienone is 4. The lowest BCUT2D eigenvalue weighted by atomic mass is 9.44. The Kier molecular flexibility index (Phi) is 5.67. The highest BCUT2D eigenvalue weighted by Crippen LogP contribution is 2.71. The third-order valence-corrected chi connectivity index (χ3v) is 10.2. The number of rotatable bonds is 5. The molecule has 196 valence electrons. The van der Waals surface area contributed by atoms with Crippen molar-refractivity contribution < 1.29 is 38.1 Å². The van der Waals surface area contributed by atoms with Crippen LogP contribution in [0.25, 0.3) is 0 Å². The predicted molar refractivity (Wildman–Crippen MR) is 126 cm³/mol. The van der Waals surface area contributed by atoms with Crippen LogP contribution in [0.1, 0.15) is 66.2 Å². The van der Waals surface area contributed by atoms with E-state index in [1.54, 1.807) is 13.0 Å². The molecule has 0 aliphatic heterocycles. The molecule has 0 aromatic rings. The molecule has 0 spiro atoms. The molecular weight excluding hydrogens is 467 g/mol. The summed E-state index contributed by atoms with van der Waals surface area (Å²) in [6, 6.07) is 0. The van der Waals surface area contributed by atoms with Gasteiger partial charge in [0.15, 0.2) is 23.7 Å². The van der Waals surface area contributed by atoms with Crippen LogP contribution >= 0.6 is 0 Å². The van der Waals surface area contributed by atoms with Gasteiger partial charge >= 0.3 is 11.9 Å². The van der Waals surface area contributed by atoms with E-state index in [2.05, 4.69) is 0 Å². The lowest BCUT2D eigenvalue weighted by molar-refractivity contribution is -0.229. The van der Waals surface area contributed by atoms with Crippen molar-refractivity contribution in [1.82, 2.24) is 0 Å². The highest BCUT2D eigenvalue weighted by Gasteiger charge is 2.77. The summed E-state index contributed by atoms with van der Waals surface area (Å²) in [5.74, 6) is -3.48. The number of fused-ring (bicyclic) bond motifs is 5. The highest BCUT2D eigenvalue weighted by molar-refractivity contribution is 6.01. The number of hydrogen-bond acceptors (Lipinski definition) is 7. The summed E-state index contributed by atoms with van der Waals surface area (Å²) in [4.78, 5) is 50.4. The molecule has 5 aliphatic carbocycles. The van der Waals surface area contributed by atoms with Crippen molar-refractivity contribution in [2.45, 2.75) is 83.6 Å². The van der Waals surface area contributed by atoms with Gasteiger partial charge in [0.1, 0.15) is 0 Å². The molecule has 0 radical (unpaired) electrons. The second-order valence-electron chi connectivity index (χ2n) is 12.0. The van der Waals surface area contributed by atoms with Crippen molar-refractivity contribution in [2.75, 3.05) is 6.61 Å². The number of aliphatic hydroxyl groups excluding tert-OH is 1. The van der Waals surface area contributed by atoms with Crippen molar-refractivity contribution in [3.05, 3.63) is 23.8 Å². The van der Waals surface area contributed by atoms with E-state index in [1.165, 1.54) is 19.1 Å². The van der Waals surface area contributed by atoms with Crippen molar-refractivity contribution in [3.8, 4) is 0 Å². The number of alkyl halides is 1. The monoisotopic (exact) mass is 502 g/mol. The summed E-state index contributed by atoms with van der Waals surface area (Å²) < 4.78 is 28.6. The van der Waals surface area contributed by atoms with E-state index in [1.807, 2.05) is 13.8 Å². The van der Waals surface area contributed by atoms with E-state index in [0.717, 1.165) is 0 Å². The van der Waals surface area contributed by atoms with Gasteiger partial charge in [-0.05, 0) is 63.5 Å². The van der Waals surface area contributed by atoms with Gasteiger partial charge in [0.25, 0.3) is 0 Å². The van der Waals surface area contributed by atoms with Crippen LogP contribution in [0.5, 0.6) is 0 Å². The molecule has 5 aliphatic rings. The fourth-order valence-electron chi connectivity index (χ4n) is 8.23. The third kappa shape index (κ3) is 3.18. The zero-order valence-electron chi connectivity index (χ0n) is 21.3. The van der Waals surface area contributed by atoms with Crippen LogP contribution in [0, 0.1) is 34.5 Å². The van der Waals surface area contributed by atoms with E-state index in [-0.39, 0.29) is 24.0 Å². The number of aliphatic hydroxyl groups is 1. The maximum absolute atomic E-state index is 17.4. The van der Waals surface area contributed by atoms with Crippen LogP contribution in [-0.2, 0) is 28.7 Å². The molecule has 4 fully saturated rings. The summed E-state index contributed by atoms with van der Waals surface area (Å²) in [5, 5.41) is 11.6. The van der Waals surface area contributed by atoms with Gasteiger partial charge in [0, 0.05) is 29.6 Å². The molecule has 0 amide bonds. The Hall–Kier alpha value is -2.35. The fraction of sp³-hybridized carbons (Fsp3) is 0.714. The minimum atomic E-state index is -2.05. The highest BCUT2D eigenvalue weighted by atomic mass is 19.1. The summed E-state index contributed by atoms with van der Waals surface area (Å²) in [6.45, 7) is 6.05. The molecule has 8 heteroatoms. The molecule has 0 aromatic carbocycles. The molecule has 1 N–H and O–H groups in total. The topological polar surface area (TPSA) is 107 Å². The average Bonchev–Trinajstić information content (AvgIpc) is 3.63. The third-order valence-electron chi connectivity index (χ3n) is 10.2. The van der Waals surface area contributed by atoms with E-state index >= 15 is 4.39 Å². The second-order valence-corrected chi connectivity index (χ2v) is 12.0. The van der Waals surface area contributed by atoms with E-state index in [9.17, 15) is 24.3 Å². The summed E-state index contributed by atoms with van der Waals surface area (Å²) >= 11 is 0. The van der Waals surface area contributed by atoms with Gasteiger partial charge in [0.2, 0.25) is 5.78 Å². The number of ether oxygens (including phenoxy) is 2. The molecule has 5 rings (SSSR count). The minimum absolute atomic E-state index is 0.0938. The standard InChI is InChI=1S/C28H35FO7/c1-15-11-21-20-8-7-18-12-19(31)9-10-25(18,3)27(20,29)22(32)13-26(21,4)28(15,23(33)14-35-16(2)30)36-24(34)17-5-6-17/h9-10,12,15,17,20-22,32H,5-8,11,13-14H2,1-4H3/t15-,20?,21?,22-,25-,26-,27-,28-/m0/s1. The predicted octanol–water partition coefficient (Wildman–Crippen LogP) is 3.43. The van der Waals surface area contributed by atoms with Gasteiger partial charge in [-0.3, -0.25) is 19.2 Å². The average molecular weight is 503 g/mol. The van der Waals surface area contributed by atoms with Crippen LogP contribution in [0.3, 0.4) is 0 Å². The molecule has 0 aromatic heterocycles. The normalized spacial score (nSPS) is 45.2. The van der Waals surface area contributed by atoms with Crippen LogP contribution in [0.15, 0.2) is 23.8 Å². The minimum Gasteiger partial charge on any atom is -0.458 e. The molecule has 7 nitrogen and oxygen atoms in total. The smallest absolute Gasteiger partial charge is 0.309 e. The summed E-state index contributed by atoms with van der Waals surface area (Å²) in [7, 11) is 0. The number of carbonyl (C=O) groups is 4. The summed E-state index contributed by atoms with van der Waals surface area (Å²) in [6.07, 6.45) is 5.63. The second kappa shape index (κ2) is 8.07. The first-order valence-electron chi connectivity index (χ1n) is 13.0. The zero-order valence-corrected chi connectivity index (χ0v) is 21.3. The first kappa shape index (κ1) is 25.3. The number of esters is 2. The van der Waals surface area contributed by atoms with Crippen LogP contribution in [-0.4, -0.2) is 52.6 Å². The Morgan fingerprint density at radius 3 is 2.50 bits per heavy atom. The van der Waals surface area contributed by atoms with Gasteiger partial charge in [-0.15, -0.1) is 0 Å². The lowest BCUT2D eigenvalue weighted by Gasteiger charge is -2.62. The van der Waals surface area contributed by atoms with Crippen molar-refractivity contribution in [2.24, 2.45) is 34.5 Å². The molecule has 0 saturated heterocycles. The Morgan fingerprint density at radius 2 is 1.86 bits per heavy atom. The Bertz CT molecular complexity index is 1090. The quantitative estimate of drug-likeness (QED) is 0.574. The van der Waals surface area contributed by atoms with E-state index < -0.39 is 64.4 Å². The molecule has 8 atom stereocenters. The van der Waals surface area contributed by atoms with Gasteiger partial charge in [-0.1, -0.05) is 25.5 Å². The molecule has 36 heavy (non-hydrogen) atoms. The maximum Gasteiger partial charge on any atom is 0.309 e. The van der Waals surface area contributed by atoms with Crippen LogP contribution in [0.4, 0.5) is 4.39 Å². The zero-order chi connectivity index (χ0) is 26.3. The molecule has 0 heterocycles. The number of carbonyl (C=O) groups excluding carboxylic acids is 4. The van der Waals surface area contributed by atoms with Crippen molar-refractivity contribution >= 4 is 23.5 Å². The van der Waals surface area contributed by atoms with Gasteiger partial charge in [-0.2, -0.15) is 0 Å². The van der Waals surface area contributed by atoms with Crippen molar-refractivity contribution in [1.29, 1.82) is 0 Å². The van der Waals surface area contributed by atoms with Crippen molar-refractivity contribution in [3.63, 3.8) is 0 Å². The number of Topliss-reactive ketones (excluding diaryl/α,β-unsaturated/α-hetero) is 1. The van der Waals surface area contributed by atoms with Crippen LogP contribution < -0.4 is 0 Å². The molecule has 2 unspecified atom stereocenters. The Labute approximate surface area is 210 Å². The number of halogens is 1. The maximum atomic E-state index is 17.4. The van der Waals surface area contributed by atoms with E-state index in [0.29, 0.717) is 37.7 Å². The van der Waals surface area contributed by atoms with Crippen LogP contribution in [0.2, 0.25) is 0 Å². The van der Waals surface area contributed by atoms with Gasteiger partial charge in [0.05, 0.1) is 12.0 Å².